The Labute approximate surface area is 168 Å². The van der Waals surface area contributed by atoms with Gasteiger partial charge in [-0.2, -0.15) is 5.26 Å². The third-order valence-corrected chi connectivity index (χ3v) is 6.63. The summed E-state index contributed by atoms with van der Waals surface area (Å²) in [6.07, 6.45) is 1.66. The van der Waals surface area contributed by atoms with Crippen molar-refractivity contribution in [3.05, 3.63) is 73.7 Å². The van der Waals surface area contributed by atoms with Gasteiger partial charge in [-0.25, -0.2) is 9.37 Å². The molecule has 1 aromatic carbocycles. The minimum Gasteiger partial charge on any atom is -0.305 e. The van der Waals surface area contributed by atoms with Crippen molar-refractivity contribution < 1.29 is 4.39 Å². The fourth-order valence-electron chi connectivity index (χ4n) is 2.91. The van der Waals surface area contributed by atoms with Gasteiger partial charge in [-0.1, -0.05) is 18.2 Å². The van der Waals surface area contributed by atoms with Gasteiger partial charge in [-0.05, 0) is 43.7 Å². The number of nitrogens with zero attached hydrogens (tertiary/aromatic N) is 2. The zero-order valence-corrected chi connectivity index (χ0v) is 16.7. The van der Waals surface area contributed by atoms with E-state index in [1.165, 1.54) is 28.7 Å². The van der Waals surface area contributed by atoms with Crippen LogP contribution >= 0.6 is 22.7 Å². The van der Waals surface area contributed by atoms with Crippen LogP contribution < -0.4 is 5.56 Å². The maximum absolute atomic E-state index is 14.0. The highest BCUT2D eigenvalue weighted by atomic mass is 32.1. The van der Waals surface area contributed by atoms with Crippen LogP contribution in [0.15, 0.2) is 41.2 Å². The second-order valence-corrected chi connectivity index (χ2v) is 8.55. The van der Waals surface area contributed by atoms with Gasteiger partial charge in [-0.3, -0.25) is 4.79 Å². The van der Waals surface area contributed by atoms with Gasteiger partial charge in [0, 0.05) is 20.2 Å². The first kappa shape index (κ1) is 18.3. The number of aromatic amines is 1. The molecule has 4 aromatic rings. The van der Waals surface area contributed by atoms with Crippen LogP contribution in [0.4, 0.5) is 4.39 Å². The lowest BCUT2D eigenvalue weighted by Crippen LogP contribution is -2.10. The lowest BCUT2D eigenvalue weighted by atomic mass is 10.2. The second-order valence-electron chi connectivity index (χ2n) is 6.23. The summed E-state index contributed by atoms with van der Waals surface area (Å²) in [5, 5.41) is 10.2. The molecule has 0 radical (unpaired) electrons. The molecule has 7 heteroatoms. The summed E-state index contributed by atoms with van der Waals surface area (Å²) in [5.41, 5.74) is 1.43. The number of hydrogen-bond acceptors (Lipinski definition) is 5. The molecule has 1 N–H and O–H groups in total. The highest BCUT2D eigenvalue weighted by Crippen LogP contribution is 2.32. The van der Waals surface area contributed by atoms with Crippen LogP contribution in [0.25, 0.3) is 32.3 Å². The molecule has 0 bridgehead atoms. The number of hydrogen-bond donors (Lipinski definition) is 1. The third-order valence-electron chi connectivity index (χ3n) is 4.47. The minimum absolute atomic E-state index is 0.238. The number of rotatable bonds is 3. The quantitative estimate of drug-likeness (QED) is 0.454. The Morgan fingerprint density at radius 3 is 2.75 bits per heavy atom. The molecule has 0 fully saturated rings. The number of aromatic nitrogens is 2. The van der Waals surface area contributed by atoms with E-state index in [2.05, 4.69) is 16.0 Å². The Morgan fingerprint density at radius 2 is 2.00 bits per heavy atom. The van der Waals surface area contributed by atoms with Crippen molar-refractivity contribution in [3.63, 3.8) is 0 Å². The molecule has 0 saturated carbocycles. The molecule has 0 unspecified atom stereocenters. The number of H-pyrrole nitrogens is 1. The van der Waals surface area contributed by atoms with Crippen LogP contribution in [0, 0.1) is 31.0 Å². The van der Waals surface area contributed by atoms with Gasteiger partial charge in [0.25, 0.3) is 5.56 Å². The predicted molar refractivity (Wildman–Crippen MR) is 113 cm³/mol. The number of thiophene rings is 2. The number of aryl methyl sites for hydroxylation is 2. The number of nitrogens with one attached hydrogen (secondary N) is 1. The highest BCUT2D eigenvalue weighted by Gasteiger charge is 2.14. The largest absolute Gasteiger partial charge is 0.305 e. The van der Waals surface area contributed by atoms with E-state index in [1.54, 1.807) is 24.3 Å². The average molecular weight is 407 g/mol. The molecule has 138 valence electrons. The first-order valence-corrected chi connectivity index (χ1v) is 10.1. The minimum atomic E-state index is -0.291. The van der Waals surface area contributed by atoms with Crippen LogP contribution in [0.1, 0.15) is 21.1 Å². The van der Waals surface area contributed by atoms with Crippen molar-refractivity contribution >= 4 is 44.5 Å². The van der Waals surface area contributed by atoms with E-state index in [-0.39, 0.29) is 22.8 Å². The first-order chi connectivity index (χ1) is 13.5. The Bertz CT molecular complexity index is 1340. The molecule has 3 aromatic heterocycles. The lowest BCUT2D eigenvalue weighted by molar-refractivity contribution is 0.631. The summed E-state index contributed by atoms with van der Waals surface area (Å²) >= 11 is 2.81. The third kappa shape index (κ3) is 3.17. The molecule has 0 aliphatic heterocycles. The first-order valence-electron chi connectivity index (χ1n) is 8.45. The SMILES string of the molecule is Cc1sc2nc(C(C#N)=Cc3ccc(-c4ccccc4F)s3)[nH]c(=O)c2c1C. The van der Waals surface area contributed by atoms with Gasteiger partial charge in [0.2, 0.25) is 0 Å². The molecule has 0 atom stereocenters. The summed E-state index contributed by atoms with van der Waals surface area (Å²) < 4.78 is 14.0. The molecule has 4 nitrogen and oxygen atoms in total. The van der Waals surface area contributed by atoms with Crippen LogP contribution in [0.3, 0.4) is 0 Å². The number of benzene rings is 1. The summed E-state index contributed by atoms with van der Waals surface area (Å²) in [6.45, 7) is 3.83. The predicted octanol–water partition coefficient (Wildman–Crippen LogP) is 5.53. The summed E-state index contributed by atoms with van der Waals surface area (Å²) in [4.78, 5) is 22.9. The molecule has 0 aliphatic carbocycles. The van der Waals surface area contributed by atoms with Gasteiger partial charge in [0.15, 0.2) is 5.82 Å². The van der Waals surface area contributed by atoms with Gasteiger partial charge >= 0.3 is 0 Å². The molecule has 28 heavy (non-hydrogen) atoms. The van der Waals surface area contributed by atoms with E-state index in [4.69, 9.17) is 0 Å². The van der Waals surface area contributed by atoms with Crippen molar-refractivity contribution in [2.45, 2.75) is 13.8 Å². The van der Waals surface area contributed by atoms with Crippen molar-refractivity contribution in [1.82, 2.24) is 9.97 Å². The van der Waals surface area contributed by atoms with Gasteiger partial charge < -0.3 is 4.98 Å². The van der Waals surface area contributed by atoms with Crippen LogP contribution in [-0.4, -0.2) is 9.97 Å². The van der Waals surface area contributed by atoms with Crippen LogP contribution in [0.2, 0.25) is 0 Å². The molecule has 0 saturated heterocycles. The van der Waals surface area contributed by atoms with E-state index < -0.39 is 0 Å². The fraction of sp³-hybridized carbons (Fsp3) is 0.0952. The molecule has 0 spiro atoms. The fourth-order valence-corrected chi connectivity index (χ4v) is 4.92. The standard InChI is InChI=1S/C21H14FN3OS2/c1-11-12(2)27-21-18(11)20(26)24-19(25-21)13(10-23)9-14-7-8-17(28-14)15-5-3-4-6-16(15)22/h3-9H,1-2H3,(H,24,25,26). The van der Waals surface area contributed by atoms with Gasteiger partial charge in [0.05, 0.1) is 11.0 Å². The van der Waals surface area contributed by atoms with Crippen LogP contribution in [-0.2, 0) is 0 Å². The normalized spacial score (nSPS) is 11.7. The number of fused-ring (bicyclic) bond motifs is 1. The summed E-state index contributed by atoms with van der Waals surface area (Å²) in [5.74, 6) is -0.0534. The number of allylic oxidation sites excluding steroid dienone is 1. The van der Waals surface area contributed by atoms with Crippen molar-refractivity contribution in [3.8, 4) is 16.5 Å². The monoisotopic (exact) mass is 407 g/mol. The molecule has 3 heterocycles. The van der Waals surface area contributed by atoms with Gasteiger partial charge in [-0.15, -0.1) is 22.7 Å². The molecule has 0 aliphatic rings. The van der Waals surface area contributed by atoms with E-state index in [1.807, 2.05) is 26.0 Å². The maximum Gasteiger partial charge on any atom is 0.260 e. The molecular formula is C21H14FN3OS2. The molecular weight excluding hydrogens is 393 g/mol. The molecule has 4 rings (SSSR count). The molecule has 0 amide bonds. The summed E-state index contributed by atoms with van der Waals surface area (Å²) in [6, 6.07) is 12.3. The van der Waals surface area contributed by atoms with E-state index >= 15 is 0 Å². The Balaban J connectivity index is 1.77. The highest BCUT2D eigenvalue weighted by molar-refractivity contribution is 7.18. The van der Waals surface area contributed by atoms with E-state index in [0.717, 1.165) is 20.2 Å². The topological polar surface area (TPSA) is 69.5 Å². The number of nitriles is 1. The van der Waals surface area contributed by atoms with Crippen molar-refractivity contribution in [1.29, 1.82) is 5.26 Å². The van der Waals surface area contributed by atoms with E-state index in [9.17, 15) is 14.4 Å². The summed E-state index contributed by atoms with van der Waals surface area (Å²) in [7, 11) is 0. The van der Waals surface area contributed by atoms with E-state index in [0.29, 0.717) is 15.8 Å². The number of halogens is 1. The van der Waals surface area contributed by atoms with Crippen molar-refractivity contribution in [2.24, 2.45) is 0 Å². The van der Waals surface area contributed by atoms with Crippen LogP contribution in [0.5, 0.6) is 0 Å². The van der Waals surface area contributed by atoms with Gasteiger partial charge in [0.1, 0.15) is 16.7 Å². The maximum atomic E-state index is 14.0. The lowest BCUT2D eigenvalue weighted by Gasteiger charge is -1.99. The average Bonchev–Trinajstić information content (AvgIpc) is 3.25. The second kappa shape index (κ2) is 7.15. The Kier molecular flexibility index (Phi) is 4.67. The van der Waals surface area contributed by atoms with Crippen molar-refractivity contribution in [2.75, 3.05) is 0 Å². The smallest absolute Gasteiger partial charge is 0.260 e. The Hall–Kier alpha value is -3.08. The Morgan fingerprint density at radius 1 is 1.21 bits per heavy atom. The zero-order chi connectivity index (χ0) is 19.8. The zero-order valence-electron chi connectivity index (χ0n) is 15.0.